The van der Waals surface area contributed by atoms with E-state index in [0.717, 1.165) is 10.6 Å². The molecule has 0 aliphatic heterocycles. The number of thiophene rings is 1. The number of hydrogen-bond donors (Lipinski definition) is 2. The van der Waals surface area contributed by atoms with E-state index in [1.807, 2.05) is 36.2 Å². The zero-order valence-corrected chi connectivity index (χ0v) is 13.6. The molecule has 0 aliphatic carbocycles. The molecule has 104 valence electrons. The van der Waals surface area contributed by atoms with Crippen molar-refractivity contribution >= 4 is 23.1 Å². The van der Waals surface area contributed by atoms with Gasteiger partial charge in [0, 0.05) is 28.0 Å². The molecule has 2 nitrogen and oxygen atoms in total. The SMILES string of the molecule is CC(CSC(C)(C)C)NCC(C)(O)c1cccs1. The van der Waals surface area contributed by atoms with Gasteiger partial charge in [-0.25, -0.2) is 0 Å². The van der Waals surface area contributed by atoms with Gasteiger partial charge in [-0.05, 0) is 25.3 Å². The summed E-state index contributed by atoms with van der Waals surface area (Å²) in [5, 5.41) is 15.8. The summed E-state index contributed by atoms with van der Waals surface area (Å²) in [4.78, 5) is 1.02. The molecular formula is C14H25NOS2. The van der Waals surface area contributed by atoms with E-state index in [4.69, 9.17) is 0 Å². The monoisotopic (exact) mass is 287 g/mol. The molecule has 0 amide bonds. The summed E-state index contributed by atoms with van der Waals surface area (Å²) in [6.45, 7) is 11.3. The fourth-order valence-corrected chi connectivity index (χ4v) is 3.13. The van der Waals surface area contributed by atoms with Crippen molar-refractivity contribution in [3.63, 3.8) is 0 Å². The second-order valence-electron chi connectivity index (χ2n) is 5.96. The van der Waals surface area contributed by atoms with Crippen LogP contribution in [-0.4, -0.2) is 28.2 Å². The van der Waals surface area contributed by atoms with Crippen LogP contribution in [0.1, 0.15) is 39.5 Å². The molecule has 2 unspecified atom stereocenters. The summed E-state index contributed by atoms with van der Waals surface area (Å²) in [5.41, 5.74) is -0.769. The van der Waals surface area contributed by atoms with E-state index >= 15 is 0 Å². The van der Waals surface area contributed by atoms with Crippen molar-refractivity contribution in [1.29, 1.82) is 0 Å². The van der Waals surface area contributed by atoms with Crippen LogP contribution in [0.25, 0.3) is 0 Å². The van der Waals surface area contributed by atoms with Crippen LogP contribution in [0.15, 0.2) is 17.5 Å². The van der Waals surface area contributed by atoms with Crippen molar-refractivity contribution < 1.29 is 5.11 Å². The molecule has 0 spiro atoms. The van der Waals surface area contributed by atoms with Gasteiger partial charge in [0.25, 0.3) is 0 Å². The van der Waals surface area contributed by atoms with Gasteiger partial charge in [-0.3, -0.25) is 0 Å². The quantitative estimate of drug-likeness (QED) is 0.840. The summed E-state index contributed by atoms with van der Waals surface area (Å²) in [7, 11) is 0. The third-order valence-corrected chi connectivity index (χ3v) is 5.27. The smallest absolute Gasteiger partial charge is 0.108 e. The molecule has 0 aliphatic rings. The molecule has 2 N–H and O–H groups in total. The van der Waals surface area contributed by atoms with Crippen LogP contribution in [0, 0.1) is 0 Å². The highest BCUT2D eigenvalue weighted by molar-refractivity contribution is 8.00. The van der Waals surface area contributed by atoms with Gasteiger partial charge in [0.2, 0.25) is 0 Å². The number of nitrogens with one attached hydrogen (secondary N) is 1. The maximum Gasteiger partial charge on any atom is 0.108 e. The van der Waals surface area contributed by atoms with Gasteiger partial charge in [0.05, 0.1) is 0 Å². The first-order valence-electron chi connectivity index (χ1n) is 6.34. The average molecular weight is 287 g/mol. The molecule has 0 aromatic carbocycles. The standard InChI is InChI=1S/C14H25NOS2/c1-11(9-18-13(2,3)4)15-10-14(5,16)12-7-6-8-17-12/h6-8,11,15-16H,9-10H2,1-5H3. The summed E-state index contributed by atoms with van der Waals surface area (Å²) >= 11 is 3.55. The molecule has 1 rings (SSSR count). The topological polar surface area (TPSA) is 32.3 Å². The maximum absolute atomic E-state index is 10.4. The average Bonchev–Trinajstić information content (AvgIpc) is 2.76. The molecule has 0 bridgehead atoms. The Morgan fingerprint density at radius 1 is 1.39 bits per heavy atom. The highest BCUT2D eigenvalue weighted by Gasteiger charge is 2.24. The summed E-state index contributed by atoms with van der Waals surface area (Å²) in [6, 6.07) is 4.37. The van der Waals surface area contributed by atoms with Crippen molar-refractivity contribution in [2.75, 3.05) is 12.3 Å². The van der Waals surface area contributed by atoms with Crippen LogP contribution in [0.2, 0.25) is 0 Å². The predicted molar refractivity (Wildman–Crippen MR) is 83.6 cm³/mol. The number of hydrogen-bond acceptors (Lipinski definition) is 4. The first kappa shape index (κ1) is 16.0. The van der Waals surface area contributed by atoms with Crippen LogP contribution in [0.5, 0.6) is 0 Å². The largest absolute Gasteiger partial charge is 0.383 e. The van der Waals surface area contributed by atoms with Gasteiger partial charge in [0.15, 0.2) is 0 Å². The van der Waals surface area contributed by atoms with Gasteiger partial charge < -0.3 is 10.4 Å². The van der Waals surface area contributed by atoms with Crippen LogP contribution in [-0.2, 0) is 5.60 Å². The van der Waals surface area contributed by atoms with Gasteiger partial charge in [-0.1, -0.05) is 26.8 Å². The summed E-state index contributed by atoms with van der Waals surface area (Å²) in [5.74, 6) is 1.06. The molecule has 18 heavy (non-hydrogen) atoms. The Bertz CT molecular complexity index is 341. The van der Waals surface area contributed by atoms with E-state index in [1.165, 1.54) is 0 Å². The van der Waals surface area contributed by atoms with Gasteiger partial charge in [-0.15, -0.1) is 11.3 Å². The fraction of sp³-hybridized carbons (Fsp3) is 0.714. The Labute approximate surface area is 119 Å². The first-order valence-corrected chi connectivity index (χ1v) is 8.21. The predicted octanol–water partition coefficient (Wildman–Crippen LogP) is 3.47. The highest BCUT2D eigenvalue weighted by atomic mass is 32.2. The molecule has 0 fully saturated rings. The highest BCUT2D eigenvalue weighted by Crippen LogP contribution is 2.26. The Hall–Kier alpha value is -0.0300. The molecule has 0 saturated carbocycles. The maximum atomic E-state index is 10.4. The Balaban J connectivity index is 2.36. The van der Waals surface area contributed by atoms with Crippen molar-refractivity contribution in [3.8, 4) is 0 Å². The lowest BCUT2D eigenvalue weighted by molar-refractivity contribution is 0.0588. The van der Waals surface area contributed by atoms with E-state index in [1.54, 1.807) is 11.3 Å². The fourth-order valence-electron chi connectivity index (χ4n) is 1.48. The lowest BCUT2D eigenvalue weighted by Gasteiger charge is -2.26. The minimum atomic E-state index is -0.769. The lowest BCUT2D eigenvalue weighted by Crippen LogP contribution is -2.40. The summed E-state index contributed by atoms with van der Waals surface area (Å²) < 4.78 is 0.298. The Morgan fingerprint density at radius 2 is 2.06 bits per heavy atom. The molecule has 1 aromatic rings. The third kappa shape index (κ3) is 5.74. The van der Waals surface area contributed by atoms with Gasteiger partial charge in [-0.2, -0.15) is 11.8 Å². The Kier molecular flexibility index (Phi) is 5.71. The van der Waals surface area contributed by atoms with Crippen LogP contribution in [0.3, 0.4) is 0 Å². The zero-order valence-electron chi connectivity index (χ0n) is 12.0. The molecule has 0 radical (unpaired) electrons. The van der Waals surface area contributed by atoms with Crippen LogP contribution < -0.4 is 5.32 Å². The van der Waals surface area contributed by atoms with E-state index in [0.29, 0.717) is 17.3 Å². The minimum Gasteiger partial charge on any atom is -0.383 e. The third-order valence-electron chi connectivity index (χ3n) is 2.61. The van der Waals surface area contributed by atoms with E-state index in [9.17, 15) is 5.11 Å². The van der Waals surface area contributed by atoms with Crippen molar-refractivity contribution in [2.24, 2.45) is 0 Å². The second-order valence-corrected chi connectivity index (χ2v) is 8.75. The lowest BCUT2D eigenvalue weighted by atomic mass is 10.1. The second kappa shape index (κ2) is 6.42. The zero-order chi connectivity index (χ0) is 13.8. The molecule has 0 saturated heterocycles. The van der Waals surface area contributed by atoms with Gasteiger partial charge >= 0.3 is 0 Å². The Morgan fingerprint density at radius 3 is 2.56 bits per heavy atom. The molecule has 4 heteroatoms. The van der Waals surface area contributed by atoms with E-state index < -0.39 is 5.60 Å². The molecule has 1 aromatic heterocycles. The van der Waals surface area contributed by atoms with E-state index in [-0.39, 0.29) is 0 Å². The minimum absolute atomic E-state index is 0.298. The molecular weight excluding hydrogens is 262 g/mol. The number of thioether (sulfide) groups is 1. The molecule has 1 heterocycles. The van der Waals surface area contributed by atoms with E-state index in [2.05, 4.69) is 33.0 Å². The van der Waals surface area contributed by atoms with Crippen LogP contribution in [0.4, 0.5) is 0 Å². The number of aliphatic hydroxyl groups is 1. The van der Waals surface area contributed by atoms with Gasteiger partial charge in [0.1, 0.15) is 5.60 Å². The molecule has 2 atom stereocenters. The number of rotatable bonds is 6. The summed E-state index contributed by atoms with van der Waals surface area (Å²) in [6.07, 6.45) is 0. The van der Waals surface area contributed by atoms with Crippen molar-refractivity contribution in [2.45, 2.75) is 51.0 Å². The van der Waals surface area contributed by atoms with Crippen molar-refractivity contribution in [3.05, 3.63) is 22.4 Å². The normalized spacial score (nSPS) is 17.4. The first-order chi connectivity index (χ1) is 8.21. The van der Waals surface area contributed by atoms with Crippen molar-refractivity contribution in [1.82, 2.24) is 5.32 Å². The van der Waals surface area contributed by atoms with Crippen LogP contribution >= 0.6 is 23.1 Å².